The highest BCUT2D eigenvalue weighted by Crippen LogP contribution is 2.34. The number of nitrogens with one attached hydrogen (secondary N) is 1. The van der Waals surface area contributed by atoms with Crippen molar-refractivity contribution in [1.82, 2.24) is 15.1 Å². The number of morpholine rings is 1. The average molecular weight is 451 g/mol. The van der Waals surface area contributed by atoms with Crippen molar-refractivity contribution in [3.8, 4) is 5.75 Å². The maximum Gasteiger partial charge on any atom is 0.255 e. The van der Waals surface area contributed by atoms with Crippen LogP contribution in [0, 0.1) is 0 Å². The number of amides is 3. The summed E-state index contributed by atoms with van der Waals surface area (Å²) in [6.45, 7) is 4.94. The Morgan fingerprint density at radius 2 is 1.82 bits per heavy atom. The molecule has 8 heteroatoms. The van der Waals surface area contributed by atoms with Crippen molar-refractivity contribution in [2.45, 2.75) is 38.6 Å². The van der Waals surface area contributed by atoms with Gasteiger partial charge in [-0.1, -0.05) is 30.3 Å². The predicted octanol–water partition coefficient (Wildman–Crippen LogP) is 1.86. The van der Waals surface area contributed by atoms with E-state index in [0.717, 1.165) is 44.0 Å². The summed E-state index contributed by atoms with van der Waals surface area (Å²) in [5, 5.41) is 0.380. The highest BCUT2D eigenvalue weighted by Gasteiger charge is 2.40. The molecule has 3 amide bonds. The first-order valence-corrected chi connectivity index (χ1v) is 11.3. The summed E-state index contributed by atoms with van der Waals surface area (Å²) in [4.78, 5) is 40.9. The molecule has 33 heavy (non-hydrogen) atoms. The van der Waals surface area contributed by atoms with Gasteiger partial charge in [-0.15, -0.1) is 0 Å². The molecule has 3 aliphatic rings. The first kappa shape index (κ1) is 20.4. The van der Waals surface area contributed by atoms with E-state index >= 15 is 0 Å². The van der Waals surface area contributed by atoms with Crippen LogP contribution >= 0.6 is 0 Å². The van der Waals surface area contributed by atoms with Crippen LogP contribution in [-0.4, -0.2) is 59.9 Å². The Morgan fingerprint density at radius 3 is 2.61 bits per heavy atom. The number of rotatable bonds is 6. The molecule has 0 bridgehead atoms. The highest BCUT2D eigenvalue weighted by atomic mass is 16.5. The van der Waals surface area contributed by atoms with Gasteiger partial charge in [0.05, 0.1) is 19.8 Å². The first-order valence-electron chi connectivity index (χ1n) is 11.8. The van der Waals surface area contributed by atoms with Crippen LogP contribution in [0.3, 0.4) is 0 Å². The summed E-state index contributed by atoms with van der Waals surface area (Å²) in [5.41, 5.74) is 3.50. The minimum absolute atomic E-state index is 0.0743. The molecule has 2 aromatic carbocycles. The van der Waals surface area contributed by atoms with Gasteiger partial charge in [0.1, 0.15) is 18.4 Å². The molecule has 0 saturated carbocycles. The smallest absolute Gasteiger partial charge is 0.255 e. The van der Waals surface area contributed by atoms with Crippen LogP contribution in [0.15, 0.2) is 42.5 Å². The van der Waals surface area contributed by atoms with Crippen molar-refractivity contribution >= 4 is 17.7 Å². The number of benzene rings is 2. The molecule has 2 fully saturated rings. The van der Waals surface area contributed by atoms with E-state index in [1.165, 1.54) is 10.5 Å². The summed E-state index contributed by atoms with van der Waals surface area (Å²) in [5.74, 6) is -0.857. The normalized spacial score (nSPS) is 21.9. The number of piperidine rings is 1. The van der Waals surface area contributed by atoms with Crippen LogP contribution < -0.4 is 10.0 Å². The fourth-order valence-corrected chi connectivity index (χ4v) is 4.56. The predicted molar refractivity (Wildman–Crippen MR) is 119 cm³/mol. The van der Waals surface area contributed by atoms with Crippen LogP contribution in [0.2, 0.25) is 1.41 Å². The van der Waals surface area contributed by atoms with Gasteiger partial charge in [-0.2, -0.15) is 0 Å². The molecule has 0 aromatic heterocycles. The molecular formula is C25H27N3O5. The zero-order valence-electron chi connectivity index (χ0n) is 19.4. The van der Waals surface area contributed by atoms with E-state index in [4.69, 9.17) is 10.9 Å². The third-order valence-electron chi connectivity index (χ3n) is 6.41. The largest absolute Gasteiger partial charge is 0.489 e. The van der Waals surface area contributed by atoms with Crippen molar-refractivity contribution < 1.29 is 25.3 Å². The van der Waals surface area contributed by atoms with E-state index in [2.05, 4.69) is 29.2 Å². The van der Waals surface area contributed by atoms with Crippen LogP contribution in [0.4, 0.5) is 0 Å². The van der Waals surface area contributed by atoms with Gasteiger partial charge in [0.2, 0.25) is 11.8 Å². The van der Waals surface area contributed by atoms with Gasteiger partial charge >= 0.3 is 0 Å². The molecule has 8 nitrogen and oxygen atoms in total. The Morgan fingerprint density at radius 1 is 1.06 bits per heavy atom. The average Bonchev–Trinajstić information content (AvgIpc) is 3.20. The number of carbonyl (C=O) groups excluding carboxylic acids is 3. The zero-order chi connectivity index (χ0) is 23.7. The second-order valence-corrected chi connectivity index (χ2v) is 8.61. The number of imide groups is 1. The molecule has 172 valence electrons. The third-order valence-corrected chi connectivity index (χ3v) is 6.41. The van der Waals surface area contributed by atoms with Crippen LogP contribution in [-0.2, 0) is 34.0 Å². The minimum Gasteiger partial charge on any atom is -0.489 e. The van der Waals surface area contributed by atoms with Crippen molar-refractivity contribution in [3.63, 3.8) is 0 Å². The van der Waals surface area contributed by atoms with Gasteiger partial charge in [-0.25, -0.2) is 0 Å². The van der Waals surface area contributed by atoms with E-state index in [0.29, 0.717) is 23.2 Å². The number of hydrogen-bond acceptors (Lipinski definition) is 6. The molecule has 1 unspecified atom stereocenters. The Kier molecular flexibility index (Phi) is 5.76. The standard InChI is InChI=1S/C25H27N3O5/c29-23-9-8-21(24(30)26-23)28-15-20-19(25(28)31)2-1-3-22(20)33-16-18-6-4-17(5-7-18)14-27-10-12-32-13-11-27/h1-7,21H,8-16H2,(H,26,29,30)/i/hD. The Hall–Kier alpha value is -3.23. The second-order valence-electron chi connectivity index (χ2n) is 8.61. The Labute approximate surface area is 193 Å². The second kappa shape index (κ2) is 9.33. The van der Waals surface area contributed by atoms with Crippen molar-refractivity contribution in [1.29, 1.82) is 0 Å². The van der Waals surface area contributed by atoms with Crippen LogP contribution in [0.5, 0.6) is 5.75 Å². The minimum atomic E-state index is -0.804. The topological polar surface area (TPSA) is 88.2 Å². The molecule has 1 atom stereocenters. The van der Waals surface area contributed by atoms with Gasteiger partial charge in [0.15, 0.2) is 1.41 Å². The van der Waals surface area contributed by atoms with Crippen LogP contribution in [0.1, 0.15) is 39.9 Å². The lowest BCUT2D eigenvalue weighted by Gasteiger charge is -2.29. The molecule has 3 heterocycles. The molecule has 3 aliphatic heterocycles. The molecular weight excluding hydrogens is 422 g/mol. The molecule has 2 aromatic rings. The summed E-state index contributed by atoms with van der Waals surface area (Å²) in [6, 6.07) is 12.8. The maximum atomic E-state index is 13.0. The molecule has 5 rings (SSSR count). The molecule has 0 radical (unpaired) electrons. The fraction of sp³-hybridized carbons (Fsp3) is 0.400. The Balaban J connectivity index is 1.24. The number of nitrogens with zero attached hydrogens (tertiary/aromatic N) is 2. The quantitative estimate of drug-likeness (QED) is 0.676. The molecule has 1 N–H and O–H groups in total. The maximum absolute atomic E-state index is 13.0. The third kappa shape index (κ3) is 4.62. The molecule has 0 spiro atoms. The lowest BCUT2D eigenvalue weighted by Crippen LogP contribution is -2.52. The van der Waals surface area contributed by atoms with Gasteiger partial charge < -0.3 is 14.4 Å². The van der Waals surface area contributed by atoms with E-state index in [1.807, 2.05) is 6.07 Å². The SMILES string of the molecule is [2H]N1C(=O)CCC(N2Cc3c(OCc4ccc(CN5CCOCC5)cc4)cccc3C2=O)C1=O. The summed E-state index contributed by atoms with van der Waals surface area (Å²) < 4.78 is 19.1. The van der Waals surface area contributed by atoms with Gasteiger partial charge in [0.25, 0.3) is 5.91 Å². The number of hydrogen-bond donors (Lipinski definition) is 1. The van der Waals surface area contributed by atoms with E-state index in [9.17, 15) is 14.4 Å². The van der Waals surface area contributed by atoms with Gasteiger partial charge in [0, 0.05) is 37.2 Å². The van der Waals surface area contributed by atoms with Crippen LogP contribution in [0.25, 0.3) is 0 Å². The monoisotopic (exact) mass is 450 g/mol. The lowest BCUT2D eigenvalue weighted by molar-refractivity contribution is -0.136. The van der Waals surface area contributed by atoms with Crippen molar-refractivity contribution in [3.05, 3.63) is 64.7 Å². The number of fused-ring (bicyclic) bond motifs is 1. The van der Waals surface area contributed by atoms with E-state index < -0.39 is 17.9 Å². The first-order chi connectivity index (χ1) is 16.5. The van der Waals surface area contributed by atoms with E-state index in [1.54, 1.807) is 12.1 Å². The summed E-state index contributed by atoms with van der Waals surface area (Å²) in [6.07, 6.45) is 0.310. The lowest BCUT2D eigenvalue weighted by atomic mass is 10.0. The zero-order valence-corrected chi connectivity index (χ0v) is 18.4. The summed E-state index contributed by atoms with van der Waals surface area (Å²) in [7, 11) is 0. The summed E-state index contributed by atoms with van der Waals surface area (Å²) >= 11 is 0. The number of ether oxygens (including phenoxy) is 2. The molecule has 2 saturated heterocycles. The van der Waals surface area contributed by atoms with E-state index in [-0.39, 0.29) is 25.3 Å². The fourth-order valence-electron chi connectivity index (χ4n) is 4.56. The van der Waals surface area contributed by atoms with Crippen molar-refractivity contribution in [2.75, 3.05) is 26.3 Å². The molecule has 0 aliphatic carbocycles. The highest BCUT2D eigenvalue weighted by molar-refractivity contribution is 6.05. The van der Waals surface area contributed by atoms with Crippen molar-refractivity contribution in [2.24, 2.45) is 0 Å². The van der Waals surface area contributed by atoms with Gasteiger partial charge in [-0.05, 0) is 29.7 Å². The Bertz CT molecular complexity index is 1100. The number of carbonyl (C=O) groups is 3. The van der Waals surface area contributed by atoms with Gasteiger partial charge in [-0.3, -0.25) is 24.6 Å².